The van der Waals surface area contributed by atoms with Gasteiger partial charge in [0.1, 0.15) is 17.2 Å². The van der Waals surface area contributed by atoms with Gasteiger partial charge in [-0.15, -0.1) is 0 Å². The summed E-state index contributed by atoms with van der Waals surface area (Å²) < 4.78 is 29.8. The van der Waals surface area contributed by atoms with Crippen molar-refractivity contribution in [2.75, 3.05) is 6.16 Å². The fraction of sp³-hybridized carbons (Fsp3) is 0.174. The molecule has 0 aromatic heterocycles. The van der Waals surface area contributed by atoms with E-state index in [1.165, 1.54) is 72.8 Å². The Morgan fingerprint density at radius 1 is 0.632 bits per heavy atom. The smallest absolute Gasteiger partial charge is 0.427 e. The molecule has 0 atom stereocenters. The van der Waals surface area contributed by atoms with Crippen molar-refractivity contribution in [2.24, 2.45) is 0 Å². The molecule has 0 saturated carbocycles. The molecule has 14 nitrogen and oxygen atoms in total. The second kappa shape index (κ2) is 12.4. The average molecular weight is 545 g/mol. The maximum absolute atomic E-state index is 13.5. The van der Waals surface area contributed by atoms with Gasteiger partial charge in [-0.1, -0.05) is 0 Å². The predicted octanol–water partition coefficient (Wildman–Crippen LogP) is 5.84. The third-order valence-corrected chi connectivity index (χ3v) is 6.77. The number of hydrogen-bond acceptors (Lipinski definition) is 11. The Bertz CT molecular complexity index is 1300. The molecule has 0 unspecified atom stereocenters. The molecule has 198 valence electrons. The van der Waals surface area contributed by atoms with Crippen molar-refractivity contribution >= 4 is 30.6 Å². The minimum Gasteiger partial charge on any atom is -0.427 e. The van der Waals surface area contributed by atoms with Gasteiger partial charge in [-0.25, -0.2) is 4.57 Å². The van der Waals surface area contributed by atoms with Gasteiger partial charge in [0.05, 0.1) is 20.9 Å². The molecule has 0 spiro atoms. The summed E-state index contributed by atoms with van der Waals surface area (Å²) in [7, 11) is -3.94. The number of unbranched alkanes of at least 4 members (excludes halogenated alkanes) is 1. The molecule has 15 heteroatoms. The van der Waals surface area contributed by atoms with E-state index in [1.807, 2.05) is 0 Å². The lowest BCUT2D eigenvalue weighted by molar-refractivity contribution is -0.385. The quantitative estimate of drug-likeness (QED) is 0.0626. The number of nitro benzene ring substituents is 3. The van der Waals surface area contributed by atoms with Crippen molar-refractivity contribution in [3.63, 3.8) is 0 Å². The standard InChI is InChI=1S/C23H20N3O11P/c27-23(35-20-10-4-17(5-11-20)24(28)29)3-1-2-16-38(34,36-21-12-6-18(7-13-21)25(30)31)37-22-14-8-19(9-15-22)26(32)33/h4-15H,1-3,16H2. The lowest BCUT2D eigenvalue weighted by atomic mass is 10.2. The average Bonchev–Trinajstić information content (AvgIpc) is 2.87. The number of nitrogens with zero attached hydrogens (tertiary/aromatic N) is 3. The van der Waals surface area contributed by atoms with E-state index < -0.39 is 28.3 Å². The van der Waals surface area contributed by atoms with Gasteiger partial charge in [0.15, 0.2) is 0 Å². The van der Waals surface area contributed by atoms with E-state index in [9.17, 15) is 39.7 Å². The van der Waals surface area contributed by atoms with E-state index in [1.54, 1.807) is 0 Å². The van der Waals surface area contributed by atoms with Crippen LogP contribution < -0.4 is 13.8 Å². The summed E-state index contributed by atoms with van der Waals surface area (Å²) in [4.78, 5) is 42.8. The summed E-state index contributed by atoms with van der Waals surface area (Å²) in [5, 5.41) is 32.5. The van der Waals surface area contributed by atoms with Crippen LogP contribution >= 0.6 is 7.60 Å². The minimum absolute atomic E-state index is 0.0402. The molecule has 0 radical (unpaired) electrons. The zero-order valence-electron chi connectivity index (χ0n) is 19.5. The molecular weight excluding hydrogens is 525 g/mol. The first-order valence-electron chi connectivity index (χ1n) is 11.0. The van der Waals surface area contributed by atoms with E-state index in [-0.39, 0.29) is 59.7 Å². The number of carbonyl (C=O) groups is 1. The first kappa shape index (κ1) is 27.7. The van der Waals surface area contributed by atoms with Crippen LogP contribution in [0.15, 0.2) is 72.8 Å². The topological polar surface area (TPSA) is 191 Å². The molecule has 0 bridgehead atoms. The van der Waals surface area contributed by atoms with Gasteiger partial charge in [-0.2, -0.15) is 0 Å². The number of benzene rings is 3. The third kappa shape index (κ3) is 8.10. The predicted molar refractivity (Wildman–Crippen MR) is 133 cm³/mol. The Morgan fingerprint density at radius 3 is 1.37 bits per heavy atom. The fourth-order valence-corrected chi connectivity index (χ4v) is 4.80. The number of ether oxygens (including phenoxy) is 1. The van der Waals surface area contributed by atoms with Crippen LogP contribution in [0.25, 0.3) is 0 Å². The Morgan fingerprint density at radius 2 is 1.00 bits per heavy atom. The molecule has 3 aromatic carbocycles. The molecule has 3 aromatic rings. The molecule has 0 aliphatic rings. The van der Waals surface area contributed by atoms with E-state index in [2.05, 4.69) is 0 Å². The number of nitro groups is 3. The minimum atomic E-state index is -3.94. The Hall–Kier alpha value is -4.84. The number of non-ortho nitro benzene ring substituents is 3. The first-order chi connectivity index (χ1) is 18.0. The molecule has 0 amide bonds. The van der Waals surface area contributed by atoms with Crippen molar-refractivity contribution in [2.45, 2.75) is 19.3 Å². The van der Waals surface area contributed by atoms with Gasteiger partial charge in [-0.05, 0) is 49.2 Å². The van der Waals surface area contributed by atoms with Crippen LogP contribution in [0, 0.1) is 30.3 Å². The van der Waals surface area contributed by atoms with Gasteiger partial charge in [-0.3, -0.25) is 35.1 Å². The maximum Gasteiger partial charge on any atom is 0.430 e. The number of rotatable bonds is 13. The third-order valence-electron chi connectivity index (χ3n) is 4.93. The summed E-state index contributed by atoms with van der Waals surface area (Å²) in [6.07, 6.45) is 0.188. The highest BCUT2D eigenvalue weighted by Crippen LogP contribution is 2.49. The van der Waals surface area contributed by atoms with Crippen LogP contribution in [0.5, 0.6) is 17.2 Å². The van der Waals surface area contributed by atoms with Crippen molar-refractivity contribution < 1.29 is 37.9 Å². The van der Waals surface area contributed by atoms with Gasteiger partial charge in [0.25, 0.3) is 17.1 Å². The molecule has 38 heavy (non-hydrogen) atoms. The molecule has 0 N–H and O–H groups in total. The van der Waals surface area contributed by atoms with E-state index in [0.717, 1.165) is 0 Å². The lowest BCUT2D eigenvalue weighted by Crippen LogP contribution is -2.09. The van der Waals surface area contributed by atoms with Crippen LogP contribution in [-0.2, 0) is 9.36 Å². The zero-order valence-corrected chi connectivity index (χ0v) is 20.4. The second-order valence-corrected chi connectivity index (χ2v) is 9.74. The van der Waals surface area contributed by atoms with E-state index >= 15 is 0 Å². The van der Waals surface area contributed by atoms with Crippen molar-refractivity contribution in [3.05, 3.63) is 103 Å². The summed E-state index contributed by atoms with van der Waals surface area (Å²) in [6.45, 7) is 0. The van der Waals surface area contributed by atoms with E-state index in [4.69, 9.17) is 13.8 Å². The van der Waals surface area contributed by atoms with Crippen LogP contribution in [0.3, 0.4) is 0 Å². The molecule has 0 saturated heterocycles. The SMILES string of the molecule is O=C(CCCCP(=O)(Oc1ccc([N+](=O)[O-])cc1)Oc1ccc([N+](=O)[O-])cc1)Oc1ccc([N+](=O)[O-])cc1. The highest BCUT2D eigenvalue weighted by molar-refractivity contribution is 7.54. The molecule has 0 fully saturated rings. The Balaban J connectivity index is 1.62. The van der Waals surface area contributed by atoms with Crippen LogP contribution in [-0.4, -0.2) is 26.9 Å². The van der Waals surface area contributed by atoms with Crippen molar-refractivity contribution in [1.29, 1.82) is 0 Å². The molecule has 0 heterocycles. The Kier molecular flexibility index (Phi) is 9.06. The molecule has 0 aliphatic carbocycles. The Labute approximate surface area is 214 Å². The van der Waals surface area contributed by atoms with Crippen LogP contribution in [0.4, 0.5) is 17.1 Å². The van der Waals surface area contributed by atoms with Crippen molar-refractivity contribution in [1.82, 2.24) is 0 Å². The monoisotopic (exact) mass is 545 g/mol. The fourth-order valence-electron chi connectivity index (χ4n) is 3.08. The maximum atomic E-state index is 13.5. The number of hydrogen-bond donors (Lipinski definition) is 0. The van der Waals surface area contributed by atoms with Crippen LogP contribution in [0.1, 0.15) is 19.3 Å². The molecule has 3 rings (SSSR count). The summed E-state index contributed by atoms with van der Waals surface area (Å²) >= 11 is 0. The zero-order chi connectivity index (χ0) is 27.7. The van der Waals surface area contributed by atoms with Gasteiger partial charge in [0.2, 0.25) is 0 Å². The largest absolute Gasteiger partial charge is 0.430 e. The highest BCUT2D eigenvalue weighted by atomic mass is 31.2. The molecule has 0 aliphatic heterocycles. The van der Waals surface area contributed by atoms with Crippen LogP contribution in [0.2, 0.25) is 0 Å². The lowest BCUT2D eigenvalue weighted by Gasteiger charge is -2.20. The van der Waals surface area contributed by atoms with Gasteiger partial charge in [0, 0.05) is 42.8 Å². The first-order valence-corrected chi connectivity index (χ1v) is 12.7. The van der Waals surface area contributed by atoms with Gasteiger partial charge >= 0.3 is 13.6 Å². The van der Waals surface area contributed by atoms with E-state index in [0.29, 0.717) is 0 Å². The second-order valence-electron chi connectivity index (χ2n) is 7.70. The summed E-state index contributed by atoms with van der Waals surface area (Å²) in [5.74, 6) is -0.396. The van der Waals surface area contributed by atoms with Crippen molar-refractivity contribution in [3.8, 4) is 17.2 Å². The number of carbonyl (C=O) groups excluding carboxylic acids is 1. The van der Waals surface area contributed by atoms with Gasteiger partial charge < -0.3 is 13.8 Å². The molecular formula is C23H20N3O11P. The normalized spacial score (nSPS) is 10.8. The number of esters is 1. The summed E-state index contributed by atoms with van der Waals surface area (Å²) in [5.41, 5.74) is -0.549. The highest BCUT2D eigenvalue weighted by Gasteiger charge is 2.28. The summed E-state index contributed by atoms with van der Waals surface area (Å²) in [6, 6.07) is 14.7.